The highest BCUT2D eigenvalue weighted by Crippen LogP contribution is 2.32. The molecule has 0 saturated heterocycles. The Bertz CT molecular complexity index is 865. The summed E-state index contributed by atoms with van der Waals surface area (Å²) in [6, 6.07) is 16.1. The molecule has 2 aromatic carbocycles. The SMILES string of the molecule is Cc1ccc(Oc2ncnc(N(C)Cc3ccccc3)c2N)cc1C. The first-order valence-corrected chi connectivity index (χ1v) is 8.15. The van der Waals surface area contributed by atoms with Gasteiger partial charge in [0, 0.05) is 13.6 Å². The maximum absolute atomic E-state index is 6.26. The average Bonchev–Trinajstić information content (AvgIpc) is 2.61. The van der Waals surface area contributed by atoms with Gasteiger partial charge in [0.15, 0.2) is 5.82 Å². The fourth-order valence-corrected chi connectivity index (χ4v) is 2.58. The Morgan fingerprint density at radius 1 is 1.00 bits per heavy atom. The van der Waals surface area contributed by atoms with Crippen molar-refractivity contribution in [2.45, 2.75) is 20.4 Å². The van der Waals surface area contributed by atoms with E-state index in [1.54, 1.807) is 0 Å². The molecule has 2 N–H and O–H groups in total. The fraction of sp³-hybridized carbons (Fsp3) is 0.200. The van der Waals surface area contributed by atoms with Crippen LogP contribution in [0.25, 0.3) is 0 Å². The van der Waals surface area contributed by atoms with Crippen LogP contribution in [0.4, 0.5) is 11.5 Å². The van der Waals surface area contributed by atoms with Crippen molar-refractivity contribution in [1.29, 1.82) is 0 Å². The van der Waals surface area contributed by atoms with Crippen LogP contribution in [-0.4, -0.2) is 17.0 Å². The van der Waals surface area contributed by atoms with Gasteiger partial charge in [-0.15, -0.1) is 0 Å². The molecule has 3 aromatic rings. The van der Waals surface area contributed by atoms with E-state index in [2.05, 4.69) is 29.0 Å². The van der Waals surface area contributed by atoms with Gasteiger partial charge in [0.1, 0.15) is 17.8 Å². The molecule has 25 heavy (non-hydrogen) atoms. The third kappa shape index (κ3) is 3.88. The standard InChI is InChI=1S/C20H22N4O/c1-14-9-10-17(11-15(14)2)25-20-18(21)19(22-13-23-20)24(3)12-16-7-5-4-6-8-16/h4-11,13H,12,21H2,1-3H3. The van der Waals surface area contributed by atoms with Crippen molar-refractivity contribution in [3.8, 4) is 11.6 Å². The van der Waals surface area contributed by atoms with Gasteiger partial charge < -0.3 is 15.4 Å². The van der Waals surface area contributed by atoms with Gasteiger partial charge in [-0.25, -0.2) is 4.98 Å². The first kappa shape index (κ1) is 16.8. The molecule has 0 aliphatic rings. The smallest absolute Gasteiger partial charge is 0.248 e. The third-order valence-corrected chi connectivity index (χ3v) is 4.14. The molecular weight excluding hydrogens is 312 g/mol. The fourth-order valence-electron chi connectivity index (χ4n) is 2.58. The van der Waals surface area contributed by atoms with Gasteiger partial charge in [0.2, 0.25) is 5.88 Å². The van der Waals surface area contributed by atoms with Crippen LogP contribution in [0.15, 0.2) is 54.9 Å². The molecule has 0 spiro atoms. The Kier molecular flexibility index (Phi) is 4.84. The molecule has 0 unspecified atom stereocenters. The summed E-state index contributed by atoms with van der Waals surface area (Å²) < 4.78 is 5.88. The van der Waals surface area contributed by atoms with E-state index in [4.69, 9.17) is 10.5 Å². The average molecular weight is 334 g/mol. The van der Waals surface area contributed by atoms with E-state index < -0.39 is 0 Å². The maximum atomic E-state index is 6.26. The van der Waals surface area contributed by atoms with Gasteiger partial charge in [0.25, 0.3) is 0 Å². The molecule has 0 bridgehead atoms. The number of aryl methyl sites for hydroxylation is 2. The summed E-state index contributed by atoms with van der Waals surface area (Å²) in [5, 5.41) is 0. The van der Waals surface area contributed by atoms with Crippen molar-refractivity contribution in [2.75, 3.05) is 17.7 Å². The van der Waals surface area contributed by atoms with Crippen LogP contribution in [0.5, 0.6) is 11.6 Å². The van der Waals surface area contributed by atoms with Gasteiger partial charge in [0.05, 0.1) is 0 Å². The number of nitrogen functional groups attached to an aromatic ring is 1. The normalized spacial score (nSPS) is 10.5. The molecule has 3 rings (SSSR count). The van der Waals surface area contributed by atoms with Crippen LogP contribution in [0, 0.1) is 13.8 Å². The van der Waals surface area contributed by atoms with Crippen LogP contribution in [0.2, 0.25) is 0 Å². The minimum Gasteiger partial charge on any atom is -0.437 e. The van der Waals surface area contributed by atoms with Crippen LogP contribution in [-0.2, 0) is 6.54 Å². The van der Waals surface area contributed by atoms with E-state index in [0.29, 0.717) is 29.7 Å². The van der Waals surface area contributed by atoms with Crippen molar-refractivity contribution in [3.63, 3.8) is 0 Å². The monoisotopic (exact) mass is 334 g/mol. The van der Waals surface area contributed by atoms with Crippen molar-refractivity contribution in [3.05, 3.63) is 71.5 Å². The topological polar surface area (TPSA) is 64.3 Å². The highest BCUT2D eigenvalue weighted by atomic mass is 16.5. The minimum atomic E-state index is 0.369. The largest absolute Gasteiger partial charge is 0.437 e. The molecule has 1 heterocycles. The van der Waals surface area contributed by atoms with Gasteiger partial charge in [-0.05, 0) is 42.7 Å². The predicted octanol–water partition coefficient (Wildman–Crippen LogP) is 4.10. The van der Waals surface area contributed by atoms with E-state index in [9.17, 15) is 0 Å². The van der Waals surface area contributed by atoms with E-state index in [1.165, 1.54) is 17.5 Å². The highest BCUT2D eigenvalue weighted by molar-refractivity contribution is 5.68. The van der Waals surface area contributed by atoms with Crippen molar-refractivity contribution >= 4 is 11.5 Å². The molecule has 0 atom stereocenters. The molecule has 0 saturated carbocycles. The summed E-state index contributed by atoms with van der Waals surface area (Å²) in [6.45, 7) is 4.81. The Labute approximate surface area is 148 Å². The lowest BCUT2D eigenvalue weighted by Gasteiger charge is -2.20. The highest BCUT2D eigenvalue weighted by Gasteiger charge is 2.14. The molecule has 0 aliphatic carbocycles. The zero-order valence-corrected chi connectivity index (χ0v) is 14.7. The Morgan fingerprint density at radius 2 is 1.76 bits per heavy atom. The Morgan fingerprint density at radius 3 is 2.48 bits per heavy atom. The zero-order valence-electron chi connectivity index (χ0n) is 14.7. The number of hydrogen-bond donors (Lipinski definition) is 1. The summed E-state index contributed by atoms with van der Waals surface area (Å²) in [5.41, 5.74) is 10.2. The lowest BCUT2D eigenvalue weighted by Crippen LogP contribution is -2.19. The van der Waals surface area contributed by atoms with Crippen LogP contribution < -0.4 is 15.4 Å². The van der Waals surface area contributed by atoms with E-state index in [-0.39, 0.29) is 0 Å². The molecule has 0 fully saturated rings. The summed E-state index contributed by atoms with van der Waals surface area (Å²) in [6.07, 6.45) is 1.48. The summed E-state index contributed by atoms with van der Waals surface area (Å²) in [4.78, 5) is 10.5. The van der Waals surface area contributed by atoms with Gasteiger partial charge in [-0.1, -0.05) is 36.4 Å². The van der Waals surface area contributed by atoms with Crippen molar-refractivity contribution < 1.29 is 4.74 Å². The van der Waals surface area contributed by atoms with Crippen molar-refractivity contribution in [2.24, 2.45) is 0 Å². The molecule has 0 aliphatic heterocycles. The molecule has 5 nitrogen and oxygen atoms in total. The minimum absolute atomic E-state index is 0.369. The van der Waals surface area contributed by atoms with Crippen LogP contribution >= 0.6 is 0 Å². The summed E-state index contributed by atoms with van der Waals surface area (Å²) in [7, 11) is 1.95. The zero-order chi connectivity index (χ0) is 17.8. The predicted molar refractivity (Wildman–Crippen MR) is 101 cm³/mol. The lowest BCUT2D eigenvalue weighted by atomic mass is 10.1. The molecule has 1 aromatic heterocycles. The molecule has 0 radical (unpaired) electrons. The number of nitrogens with two attached hydrogens (primary N) is 1. The van der Waals surface area contributed by atoms with Gasteiger partial charge >= 0.3 is 0 Å². The number of nitrogens with zero attached hydrogens (tertiary/aromatic N) is 3. The molecule has 128 valence electrons. The number of ether oxygens (including phenoxy) is 1. The first-order chi connectivity index (χ1) is 12.0. The molecule has 5 heteroatoms. The quantitative estimate of drug-likeness (QED) is 0.761. The number of anilines is 2. The Balaban J connectivity index is 1.82. The molecular formula is C20H22N4O. The lowest BCUT2D eigenvalue weighted by molar-refractivity contribution is 0.463. The van der Waals surface area contributed by atoms with E-state index in [1.807, 2.05) is 55.3 Å². The number of benzene rings is 2. The van der Waals surface area contributed by atoms with Crippen molar-refractivity contribution in [1.82, 2.24) is 9.97 Å². The van der Waals surface area contributed by atoms with E-state index in [0.717, 1.165) is 5.56 Å². The van der Waals surface area contributed by atoms with E-state index >= 15 is 0 Å². The van der Waals surface area contributed by atoms with Gasteiger partial charge in [-0.3, -0.25) is 0 Å². The van der Waals surface area contributed by atoms with Crippen LogP contribution in [0.1, 0.15) is 16.7 Å². The Hall–Kier alpha value is -3.08. The maximum Gasteiger partial charge on any atom is 0.248 e. The first-order valence-electron chi connectivity index (χ1n) is 8.15. The molecule has 0 amide bonds. The second-order valence-electron chi connectivity index (χ2n) is 6.11. The summed E-state index contributed by atoms with van der Waals surface area (Å²) in [5.74, 6) is 1.73. The number of rotatable bonds is 5. The summed E-state index contributed by atoms with van der Waals surface area (Å²) >= 11 is 0. The second-order valence-corrected chi connectivity index (χ2v) is 6.11. The van der Waals surface area contributed by atoms with Crippen LogP contribution in [0.3, 0.4) is 0 Å². The number of aromatic nitrogens is 2. The van der Waals surface area contributed by atoms with Gasteiger partial charge in [-0.2, -0.15) is 4.98 Å². The third-order valence-electron chi connectivity index (χ3n) is 4.14. The number of hydrogen-bond acceptors (Lipinski definition) is 5. The second kappa shape index (κ2) is 7.21.